The monoisotopic (exact) mass is 249 g/mol. The molecule has 2 rings (SSSR count). The molecule has 3 nitrogen and oxygen atoms in total. The Morgan fingerprint density at radius 3 is 2.94 bits per heavy atom. The molecule has 1 aliphatic rings. The first-order chi connectivity index (χ1) is 8.19. The summed E-state index contributed by atoms with van der Waals surface area (Å²) >= 11 is 6.11. The fourth-order valence-electron chi connectivity index (χ4n) is 2.28. The third kappa shape index (κ3) is 3.12. The Bertz CT molecular complexity index is 439. The quantitative estimate of drug-likeness (QED) is 0.847. The average Bonchev–Trinajstić information content (AvgIpc) is 2.32. The van der Waals surface area contributed by atoms with Crippen LogP contribution in [0.5, 0.6) is 0 Å². The number of halogens is 1. The molecule has 0 radical (unpaired) electrons. The lowest BCUT2D eigenvalue weighted by Crippen LogP contribution is -2.34. The number of hydrogen-bond acceptors (Lipinski definition) is 3. The van der Waals surface area contributed by atoms with E-state index in [9.17, 15) is 0 Å². The van der Waals surface area contributed by atoms with Crippen LogP contribution in [-0.2, 0) is 0 Å². The molecule has 1 aromatic carbocycles. The van der Waals surface area contributed by atoms with Gasteiger partial charge >= 0.3 is 0 Å². The predicted molar refractivity (Wildman–Crippen MR) is 70.0 cm³/mol. The average molecular weight is 250 g/mol. The van der Waals surface area contributed by atoms with E-state index in [0.29, 0.717) is 16.6 Å². The number of rotatable bonds is 2. The van der Waals surface area contributed by atoms with E-state index in [1.54, 1.807) is 18.2 Å². The van der Waals surface area contributed by atoms with Crippen LogP contribution < -0.4 is 11.1 Å². The van der Waals surface area contributed by atoms with Crippen LogP contribution in [0.1, 0.15) is 31.2 Å². The van der Waals surface area contributed by atoms with Crippen molar-refractivity contribution >= 4 is 17.3 Å². The Morgan fingerprint density at radius 2 is 2.24 bits per heavy atom. The van der Waals surface area contributed by atoms with Crippen LogP contribution in [-0.4, -0.2) is 12.1 Å². The summed E-state index contributed by atoms with van der Waals surface area (Å²) in [6, 6.07) is 8.03. The van der Waals surface area contributed by atoms with Crippen molar-refractivity contribution in [1.29, 1.82) is 5.26 Å². The molecule has 90 valence electrons. The van der Waals surface area contributed by atoms with Crippen molar-refractivity contribution in [3.05, 3.63) is 28.8 Å². The van der Waals surface area contributed by atoms with Crippen molar-refractivity contribution in [2.45, 2.75) is 37.8 Å². The number of anilines is 1. The largest absolute Gasteiger partial charge is 0.381 e. The molecule has 17 heavy (non-hydrogen) atoms. The summed E-state index contributed by atoms with van der Waals surface area (Å²) in [6.07, 6.45) is 4.33. The molecule has 1 saturated carbocycles. The topological polar surface area (TPSA) is 61.8 Å². The maximum Gasteiger partial charge on any atom is 0.0992 e. The number of benzene rings is 1. The van der Waals surface area contributed by atoms with E-state index >= 15 is 0 Å². The smallest absolute Gasteiger partial charge is 0.0992 e. The van der Waals surface area contributed by atoms with E-state index in [1.807, 2.05) is 0 Å². The zero-order valence-corrected chi connectivity index (χ0v) is 10.4. The first kappa shape index (κ1) is 12.2. The van der Waals surface area contributed by atoms with E-state index < -0.39 is 0 Å². The molecule has 1 fully saturated rings. The summed E-state index contributed by atoms with van der Waals surface area (Å²) in [5, 5.41) is 12.9. The van der Waals surface area contributed by atoms with Crippen LogP contribution in [0.15, 0.2) is 18.2 Å². The Balaban J connectivity index is 2.10. The van der Waals surface area contributed by atoms with Crippen LogP contribution in [0, 0.1) is 11.3 Å². The maximum atomic E-state index is 8.86. The van der Waals surface area contributed by atoms with Gasteiger partial charge in [0.05, 0.1) is 22.3 Å². The molecule has 0 heterocycles. The number of nitrogens with one attached hydrogen (secondary N) is 1. The molecule has 0 aromatic heterocycles. The van der Waals surface area contributed by atoms with E-state index in [-0.39, 0.29) is 6.04 Å². The van der Waals surface area contributed by atoms with Gasteiger partial charge in [-0.15, -0.1) is 0 Å². The molecule has 0 bridgehead atoms. The first-order valence-corrected chi connectivity index (χ1v) is 6.28. The lowest BCUT2D eigenvalue weighted by molar-refractivity contribution is 0.409. The normalized spacial score (nSPS) is 24.1. The molecular weight excluding hydrogens is 234 g/mol. The van der Waals surface area contributed by atoms with Gasteiger partial charge in [-0.25, -0.2) is 0 Å². The lowest BCUT2D eigenvalue weighted by Gasteiger charge is -2.28. The number of nitrogens with zero attached hydrogens (tertiary/aromatic N) is 1. The van der Waals surface area contributed by atoms with Crippen molar-refractivity contribution < 1.29 is 0 Å². The Morgan fingerprint density at radius 1 is 1.41 bits per heavy atom. The number of nitriles is 1. The molecule has 0 spiro atoms. The van der Waals surface area contributed by atoms with Crippen molar-refractivity contribution in [1.82, 2.24) is 0 Å². The highest BCUT2D eigenvalue weighted by Gasteiger charge is 2.19. The van der Waals surface area contributed by atoms with Gasteiger partial charge in [0.1, 0.15) is 0 Å². The third-order valence-corrected chi connectivity index (χ3v) is 3.50. The fraction of sp³-hybridized carbons (Fsp3) is 0.462. The van der Waals surface area contributed by atoms with Gasteiger partial charge in [0.2, 0.25) is 0 Å². The number of hydrogen-bond donors (Lipinski definition) is 2. The van der Waals surface area contributed by atoms with Gasteiger partial charge in [0.25, 0.3) is 0 Å². The van der Waals surface area contributed by atoms with Crippen LogP contribution in [0.25, 0.3) is 0 Å². The molecule has 0 saturated heterocycles. The van der Waals surface area contributed by atoms with Crippen molar-refractivity contribution in [3.63, 3.8) is 0 Å². The van der Waals surface area contributed by atoms with Crippen molar-refractivity contribution in [3.8, 4) is 6.07 Å². The van der Waals surface area contributed by atoms with Crippen LogP contribution in [0.4, 0.5) is 5.69 Å². The summed E-state index contributed by atoms with van der Waals surface area (Å²) < 4.78 is 0. The van der Waals surface area contributed by atoms with Gasteiger partial charge < -0.3 is 11.1 Å². The lowest BCUT2D eigenvalue weighted by atomic mass is 9.91. The summed E-state index contributed by atoms with van der Waals surface area (Å²) in [7, 11) is 0. The molecule has 0 aliphatic heterocycles. The van der Waals surface area contributed by atoms with Crippen molar-refractivity contribution in [2.24, 2.45) is 5.73 Å². The minimum Gasteiger partial charge on any atom is -0.381 e. The predicted octanol–water partition coefficient (Wildman–Crippen LogP) is 2.89. The molecular formula is C13H16ClN3. The second-order valence-electron chi connectivity index (χ2n) is 4.57. The summed E-state index contributed by atoms with van der Waals surface area (Å²) in [4.78, 5) is 0. The van der Waals surface area contributed by atoms with E-state index in [0.717, 1.165) is 31.4 Å². The van der Waals surface area contributed by atoms with Gasteiger partial charge in [0.15, 0.2) is 0 Å². The van der Waals surface area contributed by atoms with Gasteiger partial charge in [-0.1, -0.05) is 11.6 Å². The molecule has 4 heteroatoms. The van der Waals surface area contributed by atoms with Crippen molar-refractivity contribution in [2.75, 3.05) is 5.32 Å². The van der Waals surface area contributed by atoms with Crippen LogP contribution in [0.2, 0.25) is 5.02 Å². The van der Waals surface area contributed by atoms with Gasteiger partial charge in [-0.2, -0.15) is 5.26 Å². The first-order valence-electron chi connectivity index (χ1n) is 5.91. The minimum absolute atomic E-state index is 0.277. The van der Waals surface area contributed by atoms with E-state index in [4.69, 9.17) is 22.6 Å². The standard InChI is InChI=1S/C13H16ClN3/c14-12-5-4-9(8-15)6-13(12)17-11-3-1-2-10(16)7-11/h4-6,10-11,17H,1-3,7,16H2. The fourth-order valence-corrected chi connectivity index (χ4v) is 2.46. The van der Waals surface area contributed by atoms with Gasteiger partial charge in [0, 0.05) is 12.1 Å². The second-order valence-corrected chi connectivity index (χ2v) is 4.98. The third-order valence-electron chi connectivity index (χ3n) is 3.17. The summed E-state index contributed by atoms with van der Waals surface area (Å²) in [5.74, 6) is 0. The summed E-state index contributed by atoms with van der Waals surface area (Å²) in [6.45, 7) is 0. The minimum atomic E-state index is 0.277. The molecule has 3 N–H and O–H groups in total. The van der Waals surface area contributed by atoms with Gasteiger partial charge in [-0.05, 0) is 43.9 Å². The zero-order chi connectivity index (χ0) is 12.3. The molecule has 2 atom stereocenters. The SMILES string of the molecule is N#Cc1ccc(Cl)c(NC2CCCC(N)C2)c1. The van der Waals surface area contributed by atoms with E-state index in [2.05, 4.69) is 11.4 Å². The molecule has 1 aromatic rings. The molecule has 1 aliphatic carbocycles. The van der Waals surface area contributed by atoms with E-state index in [1.165, 1.54) is 0 Å². The molecule has 0 amide bonds. The second kappa shape index (κ2) is 5.39. The highest BCUT2D eigenvalue weighted by atomic mass is 35.5. The van der Waals surface area contributed by atoms with Crippen LogP contribution in [0.3, 0.4) is 0 Å². The Hall–Kier alpha value is -1.24. The number of nitrogens with two attached hydrogens (primary N) is 1. The highest BCUT2D eigenvalue weighted by molar-refractivity contribution is 6.33. The Kier molecular flexibility index (Phi) is 3.88. The summed E-state index contributed by atoms with van der Waals surface area (Å²) in [5.41, 5.74) is 7.41. The van der Waals surface area contributed by atoms with Gasteiger partial charge in [-0.3, -0.25) is 0 Å². The maximum absolute atomic E-state index is 8.86. The zero-order valence-electron chi connectivity index (χ0n) is 9.62. The Labute approximate surface area is 107 Å². The molecule has 2 unspecified atom stereocenters. The van der Waals surface area contributed by atoms with Crippen LogP contribution >= 0.6 is 11.6 Å². The highest BCUT2D eigenvalue weighted by Crippen LogP contribution is 2.27.